The summed E-state index contributed by atoms with van der Waals surface area (Å²) in [5.74, 6) is 0. The largest absolute Gasteiger partial charge is 0.475 e. The van der Waals surface area contributed by atoms with Gasteiger partial charge in [0.25, 0.3) is 0 Å². The molecule has 2 N–H and O–H groups in total. The lowest BCUT2D eigenvalue weighted by Crippen LogP contribution is -2.31. The summed E-state index contributed by atoms with van der Waals surface area (Å²) >= 11 is 0. The second kappa shape index (κ2) is 8.00. The highest BCUT2D eigenvalue weighted by Crippen LogP contribution is 2.52. The van der Waals surface area contributed by atoms with E-state index in [1.165, 1.54) is 0 Å². The van der Waals surface area contributed by atoms with Crippen LogP contribution in [-0.4, -0.2) is 45.8 Å². The fourth-order valence-electron chi connectivity index (χ4n) is 1.69. The van der Waals surface area contributed by atoms with E-state index in [1.807, 2.05) is 6.07 Å². The molecular weight excluding hydrogens is 270 g/mol. The molecule has 1 aliphatic heterocycles. The Balaban J connectivity index is 2.61. The van der Waals surface area contributed by atoms with Crippen LogP contribution in [0.3, 0.4) is 0 Å². The summed E-state index contributed by atoms with van der Waals surface area (Å²) in [6, 6.07) is 1.37. The summed E-state index contributed by atoms with van der Waals surface area (Å²) in [6.45, 7) is 2.00. The van der Waals surface area contributed by atoms with E-state index in [0.29, 0.717) is 6.42 Å². The first-order valence-corrected chi connectivity index (χ1v) is 7.56. The highest BCUT2D eigenvalue weighted by molar-refractivity contribution is 7.48. The van der Waals surface area contributed by atoms with Crippen LogP contribution in [0.5, 0.6) is 0 Å². The summed E-state index contributed by atoms with van der Waals surface area (Å²) in [7, 11) is 1.92. The van der Waals surface area contributed by atoms with Gasteiger partial charge in [0.15, 0.2) is 0 Å². The van der Waals surface area contributed by atoms with Crippen molar-refractivity contribution in [2.45, 2.75) is 38.0 Å². The summed E-state index contributed by atoms with van der Waals surface area (Å²) in [4.78, 5) is 0. The van der Waals surface area contributed by atoms with Crippen LogP contribution in [0.15, 0.2) is 0 Å². The van der Waals surface area contributed by atoms with Crippen molar-refractivity contribution in [2.75, 3.05) is 19.8 Å². The van der Waals surface area contributed by atoms with Gasteiger partial charge in [-0.2, -0.15) is 5.26 Å². The first-order chi connectivity index (χ1) is 9.04. The molecule has 0 saturated carbocycles. The number of hydrogen-bond donors (Lipinski definition) is 1. The lowest BCUT2D eigenvalue weighted by molar-refractivity contribution is 0.0230. The first-order valence-electron chi connectivity index (χ1n) is 6.10. The second-order valence-corrected chi connectivity index (χ2v) is 5.56. The lowest BCUT2D eigenvalue weighted by atomic mass is 9.96. The molecule has 2 radical (unpaired) electrons. The molecule has 1 saturated heterocycles. The molecule has 1 rings (SSSR count). The molecule has 9 heteroatoms. The van der Waals surface area contributed by atoms with E-state index in [1.54, 1.807) is 6.92 Å². The SMILES string of the molecule is [B][C@H]1C[C@@H](OP(=O)(OCC)OCCC#N)[C@@H](CN)O1. The maximum atomic E-state index is 12.3. The number of hydrogen-bond acceptors (Lipinski definition) is 7. The Kier molecular flexibility index (Phi) is 7.01. The van der Waals surface area contributed by atoms with Gasteiger partial charge in [-0.05, 0) is 13.3 Å². The number of nitriles is 1. The van der Waals surface area contributed by atoms with E-state index < -0.39 is 26.0 Å². The van der Waals surface area contributed by atoms with Crippen molar-refractivity contribution in [3.8, 4) is 6.07 Å². The van der Waals surface area contributed by atoms with Gasteiger partial charge in [-0.25, -0.2) is 4.57 Å². The predicted molar refractivity (Wildman–Crippen MR) is 68.4 cm³/mol. The molecule has 1 heterocycles. The van der Waals surface area contributed by atoms with Gasteiger partial charge in [0, 0.05) is 12.5 Å². The van der Waals surface area contributed by atoms with Crippen LogP contribution < -0.4 is 5.73 Å². The van der Waals surface area contributed by atoms with Crippen molar-refractivity contribution >= 4 is 15.7 Å². The van der Waals surface area contributed by atoms with Crippen molar-refractivity contribution in [1.82, 2.24) is 0 Å². The van der Waals surface area contributed by atoms with Crippen LogP contribution >= 0.6 is 7.82 Å². The van der Waals surface area contributed by atoms with E-state index >= 15 is 0 Å². The van der Waals surface area contributed by atoms with Crippen molar-refractivity contribution in [2.24, 2.45) is 5.73 Å². The molecule has 106 valence electrons. The van der Waals surface area contributed by atoms with Gasteiger partial charge in [0.1, 0.15) is 7.85 Å². The third kappa shape index (κ3) is 5.23. The molecule has 0 spiro atoms. The van der Waals surface area contributed by atoms with Crippen molar-refractivity contribution in [3.63, 3.8) is 0 Å². The van der Waals surface area contributed by atoms with Crippen LogP contribution in [0.25, 0.3) is 0 Å². The molecule has 0 aliphatic carbocycles. The normalized spacial score (nSPS) is 29.8. The Labute approximate surface area is 114 Å². The molecule has 0 aromatic heterocycles. The number of rotatable bonds is 8. The minimum absolute atomic E-state index is 0.0271. The fraction of sp³-hybridized carbons (Fsp3) is 0.900. The summed E-state index contributed by atoms with van der Waals surface area (Å²) in [5.41, 5.74) is 5.53. The van der Waals surface area contributed by atoms with Crippen LogP contribution in [0.1, 0.15) is 19.8 Å². The summed E-state index contributed by atoms with van der Waals surface area (Å²) in [6.07, 6.45) is -0.523. The van der Waals surface area contributed by atoms with Gasteiger partial charge in [0.05, 0.1) is 37.9 Å². The molecule has 19 heavy (non-hydrogen) atoms. The average molecular weight is 288 g/mol. The first kappa shape index (κ1) is 16.6. The molecule has 0 amide bonds. The maximum Gasteiger partial charge on any atom is 0.475 e. The number of phosphoric acid groups is 1. The minimum atomic E-state index is -3.72. The summed E-state index contributed by atoms with van der Waals surface area (Å²) in [5, 5.41) is 8.44. The fourth-order valence-corrected chi connectivity index (χ4v) is 3.07. The van der Waals surface area contributed by atoms with Gasteiger partial charge in [-0.15, -0.1) is 0 Å². The third-order valence-electron chi connectivity index (χ3n) is 2.48. The van der Waals surface area contributed by atoms with E-state index in [0.717, 1.165) is 0 Å². The molecule has 7 nitrogen and oxygen atoms in total. The number of ether oxygens (including phenoxy) is 1. The Morgan fingerprint density at radius 1 is 1.58 bits per heavy atom. The molecule has 1 fully saturated rings. The minimum Gasteiger partial charge on any atom is -0.381 e. The Morgan fingerprint density at radius 2 is 2.32 bits per heavy atom. The van der Waals surface area contributed by atoms with Gasteiger partial charge in [-0.3, -0.25) is 13.6 Å². The quantitative estimate of drug-likeness (QED) is 0.398. The van der Waals surface area contributed by atoms with Crippen LogP contribution in [0, 0.1) is 11.3 Å². The van der Waals surface area contributed by atoms with Crippen LogP contribution in [0.2, 0.25) is 0 Å². The standard InChI is InChI=1S/C10H18BN2O5P/c1-2-15-19(14,16-5-3-4-12)18-8-6-10(11)17-9(8)7-13/h8-10H,2-3,5-7,13H2,1H3/t8-,9-,10-,19?/m1/s1. The van der Waals surface area contributed by atoms with Gasteiger partial charge >= 0.3 is 7.82 Å². The molecule has 4 atom stereocenters. The highest BCUT2D eigenvalue weighted by atomic mass is 31.2. The van der Waals surface area contributed by atoms with Gasteiger partial charge in [-0.1, -0.05) is 0 Å². The smallest absolute Gasteiger partial charge is 0.381 e. The number of nitrogens with zero attached hydrogens (tertiary/aromatic N) is 1. The maximum absolute atomic E-state index is 12.3. The Hall–Kier alpha value is -0.415. The van der Waals surface area contributed by atoms with E-state index in [-0.39, 0.29) is 26.2 Å². The lowest BCUT2D eigenvalue weighted by Gasteiger charge is -2.23. The number of phosphoric ester groups is 1. The van der Waals surface area contributed by atoms with Gasteiger partial charge < -0.3 is 10.5 Å². The zero-order valence-electron chi connectivity index (χ0n) is 10.9. The van der Waals surface area contributed by atoms with Crippen molar-refractivity contribution in [3.05, 3.63) is 0 Å². The zero-order chi connectivity index (χ0) is 14.3. The molecule has 0 aromatic carbocycles. The van der Waals surface area contributed by atoms with Crippen molar-refractivity contribution < 1.29 is 22.9 Å². The second-order valence-electron chi connectivity index (χ2n) is 3.93. The van der Waals surface area contributed by atoms with Gasteiger partial charge in [0.2, 0.25) is 0 Å². The average Bonchev–Trinajstić information content (AvgIpc) is 2.69. The molecular formula is C10H18BN2O5P. The van der Waals surface area contributed by atoms with E-state index in [9.17, 15) is 4.57 Å². The van der Waals surface area contributed by atoms with Crippen LogP contribution in [-0.2, 0) is 22.9 Å². The third-order valence-corrected chi connectivity index (χ3v) is 4.08. The highest BCUT2D eigenvalue weighted by Gasteiger charge is 2.39. The Morgan fingerprint density at radius 3 is 2.89 bits per heavy atom. The topological polar surface area (TPSA) is 104 Å². The monoisotopic (exact) mass is 288 g/mol. The van der Waals surface area contributed by atoms with E-state index in [2.05, 4.69) is 0 Å². The molecule has 1 aliphatic rings. The zero-order valence-corrected chi connectivity index (χ0v) is 11.8. The Bertz CT molecular complexity index is 364. The predicted octanol–water partition coefficient (Wildman–Crippen LogP) is 0.689. The molecule has 0 aromatic rings. The van der Waals surface area contributed by atoms with Crippen molar-refractivity contribution in [1.29, 1.82) is 5.26 Å². The molecule has 0 bridgehead atoms. The molecule has 1 unspecified atom stereocenters. The number of nitrogens with two attached hydrogens (primary N) is 1. The summed E-state index contributed by atoms with van der Waals surface area (Å²) < 4.78 is 33.1. The van der Waals surface area contributed by atoms with E-state index in [4.69, 9.17) is 37.1 Å². The van der Waals surface area contributed by atoms with Crippen LogP contribution in [0.4, 0.5) is 0 Å².